The summed E-state index contributed by atoms with van der Waals surface area (Å²) in [6.07, 6.45) is 1.79. The van der Waals surface area contributed by atoms with Crippen LogP contribution in [0, 0.1) is 0 Å². The van der Waals surface area contributed by atoms with E-state index in [0.717, 1.165) is 0 Å². The smallest absolute Gasteiger partial charge is 0.325 e. The van der Waals surface area contributed by atoms with Crippen molar-refractivity contribution >= 4 is 11.9 Å². The molecule has 1 aromatic heterocycles. The fourth-order valence-corrected chi connectivity index (χ4v) is 1.54. The molecular weight excluding hydrogens is 248 g/mol. The molecule has 6 nitrogen and oxygen atoms in total. The minimum Gasteiger partial charge on any atom is -0.465 e. The number of carbonyl (C=O) groups is 2. The van der Waals surface area contributed by atoms with Gasteiger partial charge in [0.05, 0.1) is 6.61 Å². The molecule has 0 radical (unpaired) electrons. The second-order valence-corrected chi connectivity index (χ2v) is 4.04. The average Bonchev–Trinajstić information content (AvgIpc) is 2.37. The molecule has 0 aliphatic carbocycles. The van der Waals surface area contributed by atoms with Crippen molar-refractivity contribution in [2.24, 2.45) is 0 Å². The highest BCUT2D eigenvalue weighted by atomic mass is 16.5. The minimum absolute atomic E-state index is 0.0731. The lowest BCUT2D eigenvalue weighted by molar-refractivity contribution is -0.148. The summed E-state index contributed by atoms with van der Waals surface area (Å²) < 4.78 is 6.21. The van der Waals surface area contributed by atoms with Crippen LogP contribution in [0.1, 0.15) is 13.3 Å². The molecule has 1 amide bonds. The molecule has 0 bridgehead atoms. The summed E-state index contributed by atoms with van der Waals surface area (Å²) in [6.45, 7) is 2.23. The number of pyridine rings is 1. The summed E-state index contributed by atoms with van der Waals surface area (Å²) in [4.78, 5) is 35.7. The molecule has 0 aliphatic rings. The Morgan fingerprint density at radius 1 is 1.37 bits per heavy atom. The van der Waals surface area contributed by atoms with Crippen LogP contribution in [0.4, 0.5) is 0 Å². The Morgan fingerprint density at radius 3 is 2.74 bits per heavy atom. The maximum Gasteiger partial charge on any atom is 0.325 e. The zero-order valence-electron chi connectivity index (χ0n) is 11.2. The maximum absolute atomic E-state index is 11.8. The third-order valence-corrected chi connectivity index (χ3v) is 2.56. The zero-order chi connectivity index (χ0) is 14.3. The number of aromatic nitrogens is 1. The summed E-state index contributed by atoms with van der Waals surface area (Å²) >= 11 is 0. The van der Waals surface area contributed by atoms with E-state index in [4.69, 9.17) is 4.74 Å². The summed E-state index contributed by atoms with van der Waals surface area (Å²) in [7, 11) is 1.53. The van der Waals surface area contributed by atoms with Crippen molar-refractivity contribution in [2.45, 2.75) is 19.9 Å². The molecule has 0 aromatic carbocycles. The van der Waals surface area contributed by atoms with Crippen molar-refractivity contribution < 1.29 is 14.3 Å². The molecule has 1 rings (SSSR count). The molecule has 0 saturated carbocycles. The van der Waals surface area contributed by atoms with Crippen LogP contribution in [-0.4, -0.2) is 41.5 Å². The van der Waals surface area contributed by atoms with E-state index in [1.807, 2.05) is 0 Å². The predicted molar refractivity (Wildman–Crippen MR) is 69.6 cm³/mol. The molecule has 0 fully saturated rings. The number of esters is 1. The maximum atomic E-state index is 11.8. The van der Waals surface area contributed by atoms with Crippen molar-refractivity contribution in [2.75, 3.05) is 20.2 Å². The largest absolute Gasteiger partial charge is 0.465 e. The van der Waals surface area contributed by atoms with Crippen molar-refractivity contribution in [1.82, 2.24) is 9.47 Å². The van der Waals surface area contributed by atoms with Crippen LogP contribution >= 0.6 is 0 Å². The SMILES string of the molecule is CCOC(=O)CN(C)C(=O)CCn1ccccc1=O. The van der Waals surface area contributed by atoms with Gasteiger partial charge in [-0.05, 0) is 13.0 Å². The fraction of sp³-hybridized carbons (Fsp3) is 0.462. The van der Waals surface area contributed by atoms with E-state index < -0.39 is 5.97 Å². The Bertz CT molecular complexity index is 495. The van der Waals surface area contributed by atoms with E-state index in [9.17, 15) is 14.4 Å². The Hall–Kier alpha value is -2.11. The summed E-state index contributed by atoms with van der Waals surface area (Å²) in [5.41, 5.74) is -0.150. The van der Waals surface area contributed by atoms with Crippen molar-refractivity contribution in [1.29, 1.82) is 0 Å². The number of carbonyl (C=O) groups excluding carboxylic acids is 2. The topological polar surface area (TPSA) is 68.6 Å². The number of ether oxygens (including phenoxy) is 1. The van der Waals surface area contributed by atoms with Crippen molar-refractivity contribution in [3.05, 3.63) is 34.7 Å². The zero-order valence-corrected chi connectivity index (χ0v) is 11.2. The summed E-state index contributed by atoms with van der Waals surface area (Å²) in [5, 5.41) is 0. The summed E-state index contributed by atoms with van der Waals surface area (Å²) in [6, 6.07) is 4.81. The number of amides is 1. The minimum atomic E-state index is -0.435. The van der Waals surface area contributed by atoms with E-state index >= 15 is 0 Å². The number of likely N-dealkylation sites (N-methyl/N-ethyl adjacent to an activating group) is 1. The monoisotopic (exact) mass is 266 g/mol. The van der Waals surface area contributed by atoms with E-state index in [-0.39, 0.29) is 24.4 Å². The van der Waals surface area contributed by atoms with E-state index in [2.05, 4.69) is 0 Å². The van der Waals surface area contributed by atoms with Gasteiger partial charge in [-0.2, -0.15) is 0 Å². The lowest BCUT2D eigenvalue weighted by atomic mass is 10.3. The van der Waals surface area contributed by atoms with Crippen LogP contribution in [0.15, 0.2) is 29.2 Å². The van der Waals surface area contributed by atoms with Crippen LogP contribution < -0.4 is 5.56 Å². The first-order valence-electron chi connectivity index (χ1n) is 6.09. The molecule has 0 spiro atoms. The lowest BCUT2D eigenvalue weighted by Crippen LogP contribution is -2.34. The molecule has 0 atom stereocenters. The molecule has 0 N–H and O–H groups in total. The molecule has 1 aromatic rings. The van der Waals surface area contributed by atoms with Crippen LogP contribution in [-0.2, 0) is 20.9 Å². The third kappa shape index (κ3) is 4.95. The first-order valence-corrected chi connectivity index (χ1v) is 6.09. The highest BCUT2D eigenvalue weighted by molar-refractivity contribution is 5.81. The molecule has 1 heterocycles. The second-order valence-electron chi connectivity index (χ2n) is 4.04. The second kappa shape index (κ2) is 7.35. The standard InChI is InChI=1S/C13H18N2O4/c1-3-19-13(18)10-14(2)11(16)7-9-15-8-5-4-6-12(15)17/h4-6,8H,3,7,9-10H2,1-2H3. The van der Waals surface area contributed by atoms with Crippen molar-refractivity contribution in [3.8, 4) is 0 Å². The van der Waals surface area contributed by atoms with Gasteiger partial charge in [0.15, 0.2) is 0 Å². The number of hydrogen-bond donors (Lipinski definition) is 0. The van der Waals surface area contributed by atoms with E-state index in [1.54, 1.807) is 25.3 Å². The van der Waals surface area contributed by atoms with Crippen molar-refractivity contribution in [3.63, 3.8) is 0 Å². The highest BCUT2D eigenvalue weighted by Crippen LogP contribution is 1.95. The van der Waals surface area contributed by atoms with Gasteiger partial charge in [0.25, 0.3) is 5.56 Å². The molecule has 0 saturated heterocycles. The Morgan fingerprint density at radius 2 is 2.11 bits per heavy atom. The number of rotatable bonds is 6. The van der Waals surface area contributed by atoms with Crippen LogP contribution in [0.3, 0.4) is 0 Å². The van der Waals surface area contributed by atoms with Gasteiger partial charge in [0.2, 0.25) is 5.91 Å². The Kier molecular flexibility index (Phi) is 5.78. The van der Waals surface area contributed by atoms with Crippen LogP contribution in [0.2, 0.25) is 0 Å². The first-order chi connectivity index (χ1) is 9.04. The van der Waals surface area contributed by atoms with Gasteiger partial charge in [0.1, 0.15) is 6.54 Å². The van der Waals surface area contributed by atoms with Crippen LogP contribution in [0.25, 0.3) is 0 Å². The molecule has 104 valence electrons. The van der Waals surface area contributed by atoms with E-state index in [1.165, 1.54) is 22.6 Å². The Labute approximate surface area is 111 Å². The molecule has 19 heavy (non-hydrogen) atoms. The van der Waals surface area contributed by atoms with E-state index in [0.29, 0.717) is 13.2 Å². The molecule has 0 unspecified atom stereocenters. The van der Waals surface area contributed by atoms with Gasteiger partial charge in [-0.3, -0.25) is 14.4 Å². The molecule has 6 heteroatoms. The number of hydrogen-bond acceptors (Lipinski definition) is 4. The highest BCUT2D eigenvalue weighted by Gasteiger charge is 2.13. The van der Waals surface area contributed by atoms with Gasteiger partial charge >= 0.3 is 5.97 Å². The Balaban J connectivity index is 2.45. The average molecular weight is 266 g/mol. The fourth-order valence-electron chi connectivity index (χ4n) is 1.54. The molecular formula is C13H18N2O4. The van der Waals surface area contributed by atoms with Gasteiger partial charge in [-0.25, -0.2) is 0 Å². The number of nitrogens with zero attached hydrogens (tertiary/aromatic N) is 2. The predicted octanol–water partition coefficient (Wildman–Crippen LogP) is 0.260. The van der Waals surface area contributed by atoms with Gasteiger partial charge in [-0.1, -0.05) is 6.07 Å². The first kappa shape index (κ1) is 14.9. The van der Waals surface area contributed by atoms with Gasteiger partial charge in [0, 0.05) is 32.3 Å². The molecule has 0 aliphatic heterocycles. The summed E-state index contributed by atoms with van der Waals surface area (Å²) in [5.74, 6) is -0.640. The third-order valence-electron chi connectivity index (χ3n) is 2.56. The van der Waals surface area contributed by atoms with Crippen LogP contribution in [0.5, 0.6) is 0 Å². The normalized spacial score (nSPS) is 10.0. The van der Waals surface area contributed by atoms with Gasteiger partial charge < -0.3 is 14.2 Å². The number of aryl methyl sites for hydroxylation is 1. The van der Waals surface area contributed by atoms with Gasteiger partial charge in [-0.15, -0.1) is 0 Å². The lowest BCUT2D eigenvalue weighted by Gasteiger charge is -2.16. The quantitative estimate of drug-likeness (QED) is 0.693.